The lowest BCUT2D eigenvalue weighted by atomic mass is 9.97. The van der Waals surface area contributed by atoms with Crippen molar-refractivity contribution in [3.8, 4) is 0 Å². The molecule has 21 heavy (non-hydrogen) atoms. The predicted octanol–water partition coefficient (Wildman–Crippen LogP) is 3.78. The first kappa shape index (κ1) is 13.9. The number of rotatable bonds is 3. The predicted molar refractivity (Wildman–Crippen MR) is 83.7 cm³/mol. The molecule has 4 heteroatoms. The van der Waals surface area contributed by atoms with Gasteiger partial charge in [-0.2, -0.15) is 0 Å². The minimum Gasteiger partial charge on any atom is -0.478 e. The first-order valence-corrected chi connectivity index (χ1v) is 7.46. The molecule has 1 aromatic heterocycles. The van der Waals surface area contributed by atoms with Crippen molar-refractivity contribution in [2.45, 2.75) is 32.7 Å². The van der Waals surface area contributed by atoms with Crippen LogP contribution in [-0.2, 0) is 0 Å². The van der Waals surface area contributed by atoms with Gasteiger partial charge in [0.2, 0.25) is 0 Å². The third-order valence-electron chi connectivity index (χ3n) is 4.74. The normalized spacial score (nSPS) is 25.1. The fraction of sp³-hybridized carbons (Fsp3) is 0.412. The smallest absolute Gasteiger partial charge is 0.339 e. The highest BCUT2D eigenvalue weighted by molar-refractivity contribution is 5.98. The van der Waals surface area contributed by atoms with E-state index >= 15 is 0 Å². The van der Waals surface area contributed by atoms with Gasteiger partial charge in [-0.05, 0) is 36.8 Å². The number of pyridine rings is 1. The molecule has 3 rings (SSSR count). The largest absolute Gasteiger partial charge is 0.478 e. The summed E-state index contributed by atoms with van der Waals surface area (Å²) in [6, 6.07) is 9.61. The molecule has 0 radical (unpaired) electrons. The third-order valence-corrected chi connectivity index (χ3v) is 4.74. The van der Waals surface area contributed by atoms with Crippen LogP contribution in [0, 0.1) is 11.8 Å². The van der Waals surface area contributed by atoms with E-state index in [1.807, 2.05) is 24.3 Å². The van der Waals surface area contributed by atoms with Gasteiger partial charge in [0.25, 0.3) is 0 Å². The molecule has 1 aliphatic carbocycles. The van der Waals surface area contributed by atoms with Gasteiger partial charge in [0.05, 0.1) is 5.52 Å². The zero-order chi connectivity index (χ0) is 15.0. The van der Waals surface area contributed by atoms with E-state index in [0.717, 1.165) is 17.3 Å². The number of fused-ring (bicyclic) bond motifs is 1. The van der Waals surface area contributed by atoms with Gasteiger partial charge in [-0.1, -0.05) is 32.0 Å². The Morgan fingerprint density at radius 3 is 2.71 bits per heavy atom. The molecule has 1 saturated carbocycles. The highest BCUT2D eigenvalue weighted by Crippen LogP contribution is 2.34. The number of carboxylic acid groups (broad SMARTS) is 1. The van der Waals surface area contributed by atoms with Crippen LogP contribution in [0.4, 0.5) is 5.82 Å². The second-order valence-corrected chi connectivity index (χ2v) is 6.05. The molecular formula is C17H20N2O2. The van der Waals surface area contributed by atoms with Gasteiger partial charge in [0.1, 0.15) is 11.4 Å². The van der Waals surface area contributed by atoms with E-state index in [9.17, 15) is 9.90 Å². The molecule has 0 aliphatic heterocycles. The number of para-hydroxylation sites is 1. The van der Waals surface area contributed by atoms with Crippen molar-refractivity contribution in [3.05, 3.63) is 35.9 Å². The van der Waals surface area contributed by atoms with Gasteiger partial charge in [-0.25, -0.2) is 9.78 Å². The van der Waals surface area contributed by atoms with Crippen molar-refractivity contribution in [1.29, 1.82) is 0 Å². The number of carboxylic acids is 1. The van der Waals surface area contributed by atoms with Gasteiger partial charge in [0.15, 0.2) is 0 Å². The summed E-state index contributed by atoms with van der Waals surface area (Å²) in [6.07, 6.45) is 2.24. The lowest BCUT2D eigenvalue weighted by molar-refractivity contribution is 0.0697. The first-order chi connectivity index (χ1) is 10.1. The molecule has 2 N–H and O–H groups in total. The second-order valence-electron chi connectivity index (χ2n) is 6.05. The molecule has 110 valence electrons. The molecule has 2 aromatic rings. The number of nitrogens with zero attached hydrogens (tertiary/aromatic N) is 1. The van der Waals surface area contributed by atoms with Gasteiger partial charge in [0, 0.05) is 11.4 Å². The monoisotopic (exact) mass is 284 g/mol. The summed E-state index contributed by atoms with van der Waals surface area (Å²) in [7, 11) is 0. The molecule has 0 amide bonds. The highest BCUT2D eigenvalue weighted by atomic mass is 16.4. The molecular weight excluding hydrogens is 264 g/mol. The Balaban J connectivity index is 2.00. The summed E-state index contributed by atoms with van der Waals surface area (Å²) in [4.78, 5) is 16.0. The zero-order valence-electron chi connectivity index (χ0n) is 12.3. The Kier molecular flexibility index (Phi) is 3.53. The van der Waals surface area contributed by atoms with Crippen molar-refractivity contribution in [1.82, 2.24) is 4.98 Å². The van der Waals surface area contributed by atoms with E-state index in [-0.39, 0.29) is 5.56 Å². The fourth-order valence-corrected chi connectivity index (χ4v) is 3.13. The molecule has 0 spiro atoms. The fourth-order valence-electron chi connectivity index (χ4n) is 3.13. The Bertz CT molecular complexity index is 684. The topological polar surface area (TPSA) is 62.2 Å². The van der Waals surface area contributed by atoms with Gasteiger partial charge in [-0.15, -0.1) is 0 Å². The number of hydrogen-bond acceptors (Lipinski definition) is 3. The third kappa shape index (κ3) is 2.58. The van der Waals surface area contributed by atoms with Gasteiger partial charge < -0.3 is 10.4 Å². The number of anilines is 1. The SMILES string of the molecule is CC1CCC(Nc2nc3ccccc3cc2C(=O)O)C1C. The maximum atomic E-state index is 11.5. The molecule has 0 saturated heterocycles. The van der Waals surface area contributed by atoms with E-state index in [1.165, 1.54) is 6.42 Å². The minimum absolute atomic E-state index is 0.250. The van der Waals surface area contributed by atoms with Crippen LogP contribution in [0.1, 0.15) is 37.0 Å². The molecule has 1 fully saturated rings. The van der Waals surface area contributed by atoms with Crippen LogP contribution in [0.25, 0.3) is 10.9 Å². The number of aromatic nitrogens is 1. The van der Waals surface area contributed by atoms with Gasteiger partial charge in [-0.3, -0.25) is 0 Å². The summed E-state index contributed by atoms with van der Waals surface area (Å²) in [5.74, 6) is 0.748. The van der Waals surface area contributed by atoms with Crippen LogP contribution < -0.4 is 5.32 Å². The molecule has 1 aliphatic rings. The van der Waals surface area contributed by atoms with Crippen LogP contribution >= 0.6 is 0 Å². The van der Waals surface area contributed by atoms with Crippen LogP contribution in [0.2, 0.25) is 0 Å². The average molecular weight is 284 g/mol. The van der Waals surface area contributed by atoms with E-state index in [0.29, 0.717) is 23.7 Å². The average Bonchev–Trinajstić information content (AvgIpc) is 2.78. The van der Waals surface area contributed by atoms with E-state index in [1.54, 1.807) is 6.07 Å². The number of carbonyl (C=O) groups is 1. The summed E-state index contributed by atoms with van der Waals surface area (Å²) in [5, 5.41) is 13.7. The maximum Gasteiger partial charge on any atom is 0.339 e. The van der Waals surface area contributed by atoms with Crippen molar-refractivity contribution in [2.75, 3.05) is 5.32 Å². The van der Waals surface area contributed by atoms with Gasteiger partial charge >= 0.3 is 5.97 Å². The Morgan fingerprint density at radius 2 is 2.05 bits per heavy atom. The summed E-state index contributed by atoms with van der Waals surface area (Å²) < 4.78 is 0. The second kappa shape index (κ2) is 5.35. The van der Waals surface area contributed by atoms with Crippen molar-refractivity contribution >= 4 is 22.7 Å². The number of nitrogens with one attached hydrogen (secondary N) is 1. The van der Waals surface area contributed by atoms with Crippen LogP contribution in [0.3, 0.4) is 0 Å². The number of benzene rings is 1. The molecule has 3 atom stereocenters. The van der Waals surface area contributed by atoms with Crippen molar-refractivity contribution < 1.29 is 9.90 Å². The highest BCUT2D eigenvalue weighted by Gasteiger charge is 2.30. The lowest BCUT2D eigenvalue weighted by Gasteiger charge is -2.21. The van der Waals surface area contributed by atoms with Crippen LogP contribution in [0.15, 0.2) is 30.3 Å². The summed E-state index contributed by atoms with van der Waals surface area (Å²) >= 11 is 0. The summed E-state index contributed by atoms with van der Waals surface area (Å²) in [6.45, 7) is 4.47. The first-order valence-electron chi connectivity index (χ1n) is 7.46. The van der Waals surface area contributed by atoms with Crippen molar-refractivity contribution in [3.63, 3.8) is 0 Å². The van der Waals surface area contributed by atoms with Crippen LogP contribution in [-0.4, -0.2) is 22.1 Å². The Hall–Kier alpha value is -2.10. The summed E-state index contributed by atoms with van der Waals surface area (Å²) in [5.41, 5.74) is 1.07. The quantitative estimate of drug-likeness (QED) is 0.900. The molecule has 3 unspecified atom stereocenters. The van der Waals surface area contributed by atoms with E-state index in [2.05, 4.69) is 24.1 Å². The van der Waals surface area contributed by atoms with E-state index < -0.39 is 5.97 Å². The standard InChI is InChI=1S/C17H20N2O2/c1-10-7-8-14(11(10)2)18-16-13(17(20)21)9-12-5-3-4-6-15(12)19-16/h3-6,9-11,14H,7-8H2,1-2H3,(H,18,19)(H,20,21). The van der Waals surface area contributed by atoms with E-state index in [4.69, 9.17) is 0 Å². The molecule has 4 nitrogen and oxygen atoms in total. The Morgan fingerprint density at radius 1 is 1.29 bits per heavy atom. The lowest BCUT2D eigenvalue weighted by Crippen LogP contribution is -2.25. The maximum absolute atomic E-state index is 11.5. The van der Waals surface area contributed by atoms with Crippen LogP contribution in [0.5, 0.6) is 0 Å². The van der Waals surface area contributed by atoms with Crippen molar-refractivity contribution in [2.24, 2.45) is 11.8 Å². The minimum atomic E-state index is -0.936. The number of aromatic carboxylic acids is 1. The molecule has 0 bridgehead atoms. The Labute approximate surface area is 124 Å². The number of hydrogen-bond donors (Lipinski definition) is 2. The zero-order valence-corrected chi connectivity index (χ0v) is 12.3. The molecule has 1 aromatic carbocycles. The molecule has 1 heterocycles.